The van der Waals surface area contributed by atoms with Crippen molar-refractivity contribution in [1.82, 2.24) is 5.32 Å². The van der Waals surface area contributed by atoms with Crippen LogP contribution < -0.4 is 15.4 Å². The molecule has 0 fully saturated rings. The van der Waals surface area contributed by atoms with Crippen LogP contribution in [-0.2, 0) is 16.0 Å². The van der Waals surface area contributed by atoms with E-state index in [2.05, 4.69) is 20.1 Å². The molecule has 2 rings (SSSR count). The fourth-order valence-corrected chi connectivity index (χ4v) is 2.30. The number of ether oxygens (including phenoxy) is 2. The van der Waals surface area contributed by atoms with Gasteiger partial charge in [0.1, 0.15) is 5.75 Å². The minimum absolute atomic E-state index is 0.0474. The molecule has 0 spiro atoms. The second-order valence-electron chi connectivity index (χ2n) is 5.55. The molecule has 8 heteroatoms. The Labute approximate surface area is 155 Å². The molecular weight excluding hydrogens is 358 g/mol. The number of nitrogens with one attached hydrogen (secondary N) is 2. The number of carbonyl (C=O) groups is 2. The molecule has 27 heavy (non-hydrogen) atoms. The normalized spacial score (nSPS) is 10.4. The fraction of sp³-hybridized carbons (Fsp3) is 0.263. The van der Waals surface area contributed by atoms with Crippen LogP contribution in [0, 0.1) is 0 Å². The summed E-state index contributed by atoms with van der Waals surface area (Å²) in [5.41, 5.74) is 1.90. The van der Waals surface area contributed by atoms with Gasteiger partial charge in [0.15, 0.2) is 0 Å². The topological polar surface area (TPSA) is 76.7 Å². The van der Waals surface area contributed by atoms with E-state index in [4.69, 9.17) is 0 Å². The summed E-state index contributed by atoms with van der Waals surface area (Å²) < 4.78 is 33.1. The maximum atomic E-state index is 12.1. The van der Waals surface area contributed by atoms with Gasteiger partial charge in [-0.1, -0.05) is 18.2 Å². The zero-order valence-electron chi connectivity index (χ0n) is 14.7. The van der Waals surface area contributed by atoms with E-state index < -0.39 is 12.6 Å². The maximum absolute atomic E-state index is 12.1. The van der Waals surface area contributed by atoms with Crippen molar-refractivity contribution in [2.75, 3.05) is 25.5 Å². The Morgan fingerprint density at radius 2 is 1.85 bits per heavy atom. The number of alkyl halides is 2. The number of carbonyl (C=O) groups excluding carboxylic acids is 2. The number of hydrogen-bond acceptors (Lipinski definition) is 5. The Bertz CT molecular complexity index is 767. The molecule has 6 nitrogen and oxygen atoms in total. The molecular formula is C19H20F2N2O4. The van der Waals surface area contributed by atoms with Gasteiger partial charge in [-0.25, -0.2) is 4.79 Å². The highest BCUT2D eigenvalue weighted by atomic mass is 19.3. The SMILES string of the molecule is COC(=O)c1cccc(NCC(=O)NCCc2ccc(OC(F)F)cc2)c1. The Hall–Kier alpha value is -3.16. The fourth-order valence-electron chi connectivity index (χ4n) is 2.30. The van der Waals surface area contributed by atoms with Crippen LogP contribution in [0.1, 0.15) is 15.9 Å². The van der Waals surface area contributed by atoms with Gasteiger partial charge in [-0.05, 0) is 42.3 Å². The lowest BCUT2D eigenvalue weighted by atomic mass is 10.1. The van der Waals surface area contributed by atoms with Gasteiger partial charge in [-0.3, -0.25) is 4.79 Å². The summed E-state index contributed by atoms with van der Waals surface area (Å²) in [6.45, 7) is -2.40. The molecule has 0 unspecified atom stereocenters. The summed E-state index contributed by atoms with van der Waals surface area (Å²) >= 11 is 0. The Morgan fingerprint density at radius 3 is 2.52 bits per heavy atom. The quantitative estimate of drug-likeness (QED) is 0.656. The highest BCUT2D eigenvalue weighted by Gasteiger charge is 2.07. The van der Waals surface area contributed by atoms with Crippen molar-refractivity contribution in [1.29, 1.82) is 0 Å². The van der Waals surface area contributed by atoms with Gasteiger partial charge in [0.25, 0.3) is 0 Å². The molecule has 2 aromatic rings. The summed E-state index contributed by atoms with van der Waals surface area (Å²) in [5, 5.41) is 5.68. The van der Waals surface area contributed by atoms with Gasteiger partial charge < -0.3 is 20.1 Å². The first-order chi connectivity index (χ1) is 13.0. The van der Waals surface area contributed by atoms with Crippen LogP contribution in [0.15, 0.2) is 48.5 Å². The number of methoxy groups -OCH3 is 1. The van der Waals surface area contributed by atoms with Crippen LogP contribution in [0.2, 0.25) is 0 Å². The number of benzene rings is 2. The smallest absolute Gasteiger partial charge is 0.387 e. The third-order valence-corrected chi connectivity index (χ3v) is 3.62. The predicted molar refractivity (Wildman–Crippen MR) is 96.1 cm³/mol. The number of rotatable bonds is 9. The summed E-state index contributed by atoms with van der Waals surface area (Å²) in [6.07, 6.45) is 0.554. The van der Waals surface area contributed by atoms with Crippen molar-refractivity contribution >= 4 is 17.6 Å². The Kier molecular flexibility index (Phi) is 7.54. The van der Waals surface area contributed by atoms with Crippen molar-refractivity contribution in [3.8, 4) is 5.75 Å². The summed E-state index contributed by atoms with van der Waals surface area (Å²) in [7, 11) is 1.30. The lowest BCUT2D eigenvalue weighted by Crippen LogP contribution is -2.31. The van der Waals surface area contributed by atoms with Gasteiger partial charge in [-0.2, -0.15) is 8.78 Å². The monoisotopic (exact) mass is 378 g/mol. The average molecular weight is 378 g/mol. The van der Waals surface area contributed by atoms with E-state index in [1.165, 1.54) is 19.2 Å². The molecule has 0 atom stereocenters. The molecule has 2 aromatic carbocycles. The molecule has 0 aromatic heterocycles. The standard InChI is InChI=1S/C19H20F2N2O4/c1-26-18(25)14-3-2-4-15(11-14)23-12-17(24)22-10-9-13-5-7-16(8-6-13)27-19(20)21/h2-8,11,19,23H,9-10,12H2,1H3,(H,22,24). The van der Waals surface area contributed by atoms with Crippen molar-refractivity contribution in [2.24, 2.45) is 0 Å². The molecule has 0 saturated carbocycles. The summed E-state index contributed by atoms with van der Waals surface area (Å²) in [5.74, 6) is -0.569. The third-order valence-electron chi connectivity index (χ3n) is 3.62. The average Bonchev–Trinajstić information content (AvgIpc) is 2.67. The van der Waals surface area contributed by atoms with Crippen LogP contribution in [0.4, 0.5) is 14.5 Å². The highest BCUT2D eigenvalue weighted by Crippen LogP contribution is 2.15. The van der Waals surface area contributed by atoms with E-state index in [9.17, 15) is 18.4 Å². The Morgan fingerprint density at radius 1 is 1.11 bits per heavy atom. The first kappa shape index (κ1) is 20.2. The molecule has 0 heterocycles. The molecule has 0 aliphatic carbocycles. The molecule has 0 radical (unpaired) electrons. The van der Waals surface area contributed by atoms with E-state index in [-0.39, 0.29) is 18.2 Å². The van der Waals surface area contributed by atoms with Crippen molar-refractivity contribution in [2.45, 2.75) is 13.0 Å². The number of esters is 1. The lowest BCUT2D eigenvalue weighted by Gasteiger charge is -2.09. The van der Waals surface area contributed by atoms with Crippen molar-refractivity contribution < 1.29 is 27.8 Å². The number of anilines is 1. The van der Waals surface area contributed by atoms with Gasteiger partial charge in [-0.15, -0.1) is 0 Å². The van der Waals surface area contributed by atoms with Crippen molar-refractivity contribution in [3.63, 3.8) is 0 Å². The third kappa shape index (κ3) is 6.93. The number of halogens is 2. The first-order valence-electron chi connectivity index (χ1n) is 8.20. The number of amides is 1. The van der Waals surface area contributed by atoms with Gasteiger partial charge >= 0.3 is 12.6 Å². The van der Waals surface area contributed by atoms with Gasteiger partial charge in [0.05, 0.1) is 19.2 Å². The second-order valence-corrected chi connectivity index (χ2v) is 5.55. The van der Waals surface area contributed by atoms with E-state index in [1.807, 2.05) is 0 Å². The minimum Gasteiger partial charge on any atom is -0.465 e. The molecule has 0 aliphatic heterocycles. The van der Waals surface area contributed by atoms with Gasteiger partial charge in [0.2, 0.25) is 5.91 Å². The minimum atomic E-state index is -2.85. The van der Waals surface area contributed by atoms with E-state index in [0.29, 0.717) is 24.2 Å². The molecule has 0 saturated heterocycles. The van der Waals surface area contributed by atoms with E-state index >= 15 is 0 Å². The van der Waals surface area contributed by atoms with Crippen molar-refractivity contribution in [3.05, 3.63) is 59.7 Å². The maximum Gasteiger partial charge on any atom is 0.387 e. The lowest BCUT2D eigenvalue weighted by molar-refractivity contribution is -0.119. The number of hydrogen-bond donors (Lipinski definition) is 2. The van der Waals surface area contributed by atoms with Crippen LogP contribution in [-0.4, -0.2) is 38.7 Å². The zero-order valence-corrected chi connectivity index (χ0v) is 14.7. The largest absolute Gasteiger partial charge is 0.465 e. The summed E-state index contributed by atoms with van der Waals surface area (Å²) in [6, 6.07) is 12.9. The molecule has 2 N–H and O–H groups in total. The first-order valence-corrected chi connectivity index (χ1v) is 8.20. The molecule has 144 valence electrons. The second kappa shape index (κ2) is 10.1. The molecule has 0 bridgehead atoms. The Balaban J connectivity index is 1.73. The van der Waals surface area contributed by atoms with E-state index in [1.54, 1.807) is 36.4 Å². The summed E-state index contributed by atoms with van der Waals surface area (Å²) in [4.78, 5) is 23.4. The molecule has 0 aliphatic rings. The van der Waals surface area contributed by atoms with Crippen LogP contribution in [0.3, 0.4) is 0 Å². The van der Waals surface area contributed by atoms with E-state index in [0.717, 1.165) is 5.56 Å². The highest BCUT2D eigenvalue weighted by molar-refractivity contribution is 5.90. The zero-order chi connectivity index (χ0) is 19.6. The predicted octanol–water partition coefficient (Wildman–Crippen LogP) is 2.85. The van der Waals surface area contributed by atoms with Gasteiger partial charge in [0, 0.05) is 12.2 Å². The molecule has 1 amide bonds. The van der Waals surface area contributed by atoms with Crippen LogP contribution in [0.5, 0.6) is 5.75 Å². The van der Waals surface area contributed by atoms with Crippen LogP contribution >= 0.6 is 0 Å². The van der Waals surface area contributed by atoms with Crippen LogP contribution in [0.25, 0.3) is 0 Å².